The molecule has 3 aliphatic rings. The smallest absolute Gasteiger partial charge is 0.101 e. The van der Waals surface area contributed by atoms with Crippen LogP contribution in [0.3, 0.4) is 0 Å². The molecule has 1 aliphatic heterocycles. The van der Waals surface area contributed by atoms with Crippen LogP contribution in [0.2, 0.25) is 0 Å². The van der Waals surface area contributed by atoms with Crippen molar-refractivity contribution < 1.29 is 9.84 Å². The van der Waals surface area contributed by atoms with Gasteiger partial charge in [-0.15, -0.1) is 0 Å². The van der Waals surface area contributed by atoms with Gasteiger partial charge in [0.1, 0.15) is 6.10 Å². The van der Waals surface area contributed by atoms with E-state index in [0.29, 0.717) is 17.9 Å². The second-order valence-corrected chi connectivity index (χ2v) is 7.24. The molecule has 0 bridgehead atoms. The quantitative estimate of drug-likeness (QED) is 0.766. The summed E-state index contributed by atoms with van der Waals surface area (Å²) in [5.74, 6) is 1.26. The van der Waals surface area contributed by atoms with E-state index in [1.807, 2.05) is 0 Å². The first-order valence-electron chi connectivity index (χ1n) is 8.77. The molecule has 0 aromatic heterocycles. The van der Waals surface area contributed by atoms with Crippen LogP contribution >= 0.6 is 0 Å². The summed E-state index contributed by atoms with van der Waals surface area (Å²) in [4.78, 5) is 0. The fraction of sp³-hybridized carbons (Fsp3) is 0.889. The van der Waals surface area contributed by atoms with Crippen LogP contribution in [0.25, 0.3) is 0 Å². The highest BCUT2D eigenvalue weighted by molar-refractivity contribution is 5.11. The third-order valence-electron chi connectivity index (χ3n) is 5.81. The molecule has 0 amide bonds. The van der Waals surface area contributed by atoms with Crippen LogP contribution in [-0.2, 0) is 4.74 Å². The fourth-order valence-corrected chi connectivity index (χ4v) is 4.55. The van der Waals surface area contributed by atoms with E-state index in [9.17, 15) is 5.11 Å². The molecular weight excluding hydrogens is 248 g/mol. The van der Waals surface area contributed by atoms with Crippen molar-refractivity contribution >= 4 is 0 Å². The van der Waals surface area contributed by atoms with Gasteiger partial charge in [-0.05, 0) is 49.5 Å². The predicted octanol–water partition coefficient (Wildman–Crippen LogP) is 4.22. The summed E-state index contributed by atoms with van der Waals surface area (Å²) in [7, 11) is 0. The van der Waals surface area contributed by atoms with Crippen LogP contribution in [0.1, 0.15) is 70.6 Å². The van der Waals surface area contributed by atoms with Gasteiger partial charge in [0.05, 0.1) is 12.2 Å². The van der Waals surface area contributed by atoms with Crippen molar-refractivity contribution in [1.82, 2.24) is 0 Å². The molecule has 0 radical (unpaired) electrons. The zero-order chi connectivity index (χ0) is 13.9. The van der Waals surface area contributed by atoms with E-state index < -0.39 is 6.10 Å². The van der Waals surface area contributed by atoms with Gasteiger partial charge in [-0.25, -0.2) is 0 Å². The van der Waals surface area contributed by atoms with E-state index in [4.69, 9.17) is 4.74 Å². The number of ether oxygens (including phenoxy) is 1. The Balaban J connectivity index is 1.66. The number of hydrogen-bond donors (Lipinski definition) is 1. The molecule has 3 rings (SSSR count). The van der Waals surface area contributed by atoms with E-state index in [2.05, 4.69) is 6.58 Å². The van der Waals surface area contributed by atoms with Crippen molar-refractivity contribution in [2.24, 2.45) is 11.8 Å². The molecule has 3 atom stereocenters. The maximum absolute atomic E-state index is 10.5. The second kappa shape index (κ2) is 6.62. The molecule has 1 heterocycles. The maximum atomic E-state index is 10.5. The maximum Gasteiger partial charge on any atom is 0.101 e. The van der Waals surface area contributed by atoms with Crippen LogP contribution in [-0.4, -0.2) is 23.4 Å². The predicted molar refractivity (Wildman–Crippen MR) is 81.6 cm³/mol. The van der Waals surface area contributed by atoms with Gasteiger partial charge in [-0.1, -0.05) is 45.1 Å². The van der Waals surface area contributed by atoms with Crippen LogP contribution in [0.15, 0.2) is 12.2 Å². The summed E-state index contributed by atoms with van der Waals surface area (Å²) in [6.45, 7) is 4.16. The Bertz CT molecular complexity index is 326. The molecule has 0 unspecified atom stereocenters. The van der Waals surface area contributed by atoms with E-state index >= 15 is 0 Å². The lowest BCUT2D eigenvalue weighted by Gasteiger charge is -2.44. The molecular formula is C18H30O2. The summed E-state index contributed by atoms with van der Waals surface area (Å²) in [5, 5.41) is 10.5. The summed E-state index contributed by atoms with van der Waals surface area (Å²) in [5.41, 5.74) is 1.03. The van der Waals surface area contributed by atoms with E-state index in [0.717, 1.165) is 12.0 Å². The SMILES string of the molecule is C=C1C[C@H](C2CCCCC2)O[C@H](C2CCCCC2)[C@H]1O. The van der Waals surface area contributed by atoms with Gasteiger partial charge in [0.2, 0.25) is 0 Å². The van der Waals surface area contributed by atoms with Crippen molar-refractivity contribution in [3.8, 4) is 0 Å². The number of aliphatic hydroxyl groups excluding tert-OH is 1. The summed E-state index contributed by atoms with van der Waals surface area (Å²) in [6, 6.07) is 0. The Labute approximate surface area is 123 Å². The van der Waals surface area contributed by atoms with Crippen molar-refractivity contribution in [2.45, 2.75) is 88.9 Å². The summed E-state index contributed by atoms with van der Waals surface area (Å²) in [6.07, 6.45) is 14.0. The molecule has 2 saturated carbocycles. The van der Waals surface area contributed by atoms with Crippen LogP contribution in [0.4, 0.5) is 0 Å². The average Bonchev–Trinajstić information content (AvgIpc) is 2.51. The largest absolute Gasteiger partial charge is 0.386 e. The van der Waals surface area contributed by atoms with Gasteiger partial charge in [-0.2, -0.15) is 0 Å². The van der Waals surface area contributed by atoms with Crippen molar-refractivity contribution in [2.75, 3.05) is 0 Å². The van der Waals surface area contributed by atoms with E-state index in [1.165, 1.54) is 64.2 Å². The minimum absolute atomic E-state index is 0.0310. The normalized spacial score (nSPS) is 38.0. The Kier molecular flexibility index (Phi) is 4.83. The molecule has 0 spiro atoms. The highest BCUT2D eigenvalue weighted by Gasteiger charge is 2.40. The Hall–Kier alpha value is -0.340. The van der Waals surface area contributed by atoms with Crippen LogP contribution in [0, 0.1) is 11.8 Å². The zero-order valence-electron chi connectivity index (χ0n) is 12.7. The summed E-state index contributed by atoms with van der Waals surface area (Å²) < 4.78 is 6.44. The minimum Gasteiger partial charge on any atom is -0.386 e. The molecule has 2 heteroatoms. The lowest BCUT2D eigenvalue weighted by atomic mass is 9.76. The number of hydrogen-bond acceptors (Lipinski definition) is 2. The molecule has 3 fully saturated rings. The van der Waals surface area contributed by atoms with Crippen LogP contribution in [0.5, 0.6) is 0 Å². The Morgan fingerprint density at radius 1 is 0.850 bits per heavy atom. The molecule has 114 valence electrons. The van der Waals surface area contributed by atoms with Gasteiger partial charge in [0.15, 0.2) is 0 Å². The lowest BCUT2D eigenvalue weighted by Crippen LogP contribution is -2.47. The van der Waals surface area contributed by atoms with Gasteiger partial charge in [0.25, 0.3) is 0 Å². The third kappa shape index (κ3) is 3.12. The highest BCUT2D eigenvalue weighted by Crippen LogP contribution is 2.40. The molecule has 1 N–H and O–H groups in total. The first-order valence-corrected chi connectivity index (χ1v) is 8.77. The fourth-order valence-electron chi connectivity index (χ4n) is 4.55. The molecule has 0 aromatic carbocycles. The first kappa shape index (κ1) is 14.6. The standard InChI is InChI=1S/C18H30O2/c1-13-12-16(14-8-4-2-5-9-14)20-18(17(13)19)15-10-6-3-7-11-15/h14-19H,1-12H2/t16-,17+,18-/m1/s1. The van der Waals surface area contributed by atoms with Crippen LogP contribution < -0.4 is 0 Å². The summed E-state index contributed by atoms with van der Waals surface area (Å²) >= 11 is 0. The molecule has 1 saturated heterocycles. The molecule has 0 aromatic rings. The van der Waals surface area contributed by atoms with Gasteiger partial charge < -0.3 is 9.84 Å². The lowest BCUT2D eigenvalue weighted by molar-refractivity contribution is -0.142. The van der Waals surface area contributed by atoms with Gasteiger partial charge in [0, 0.05) is 0 Å². The highest BCUT2D eigenvalue weighted by atomic mass is 16.5. The Morgan fingerprint density at radius 3 is 2.00 bits per heavy atom. The second-order valence-electron chi connectivity index (χ2n) is 7.24. The molecule has 20 heavy (non-hydrogen) atoms. The van der Waals surface area contributed by atoms with Gasteiger partial charge in [-0.3, -0.25) is 0 Å². The minimum atomic E-state index is -0.419. The number of rotatable bonds is 2. The Morgan fingerprint density at radius 2 is 1.40 bits per heavy atom. The molecule has 2 aliphatic carbocycles. The number of aliphatic hydroxyl groups is 1. The van der Waals surface area contributed by atoms with Crippen molar-refractivity contribution in [1.29, 1.82) is 0 Å². The van der Waals surface area contributed by atoms with E-state index in [1.54, 1.807) is 0 Å². The topological polar surface area (TPSA) is 29.5 Å². The van der Waals surface area contributed by atoms with Crippen molar-refractivity contribution in [3.05, 3.63) is 12.2 Å². The van der Waals surface area contributed by atoms with E-state index in [-0.39, 0.29) is 6.10 Å². The average molecular weight is 278 g/mol. The monoisotopic (exact) mass is 278 g/mol. The zero-order valence-corrected chi connectivity index (χ0v) is 12.7. The van der Waals surface area contributed by atoms with Gasteiger partial charge >= 0.3 is 0 Å². The first-order chi connectivity index (χ1) is 9.75. The third-order valence-corrected chi connectivity index (χ3v) is 5.81. The van der Waals surface area contributed by atoms with Crippen molar-refractivity contribution in [3.63, 3.8) is 0 Å². The molecule has 2 nitrogen and oxygen atoms in total.